The van der Waals surface area contributed by atoms with Crippen molar-refractivity contribution in [3.63, 3.8) is 0 Å². The van der Waals surface area contributed by atoms with Gasteiger partial charge < -0.3 is 9.97 Å². The topological polar surface area (TPSA) is 48.6 Å². The van der Waals surface area contributed by atoms with Crippen molar-refractivity contribution in [2.75, 3.05) is 0 Å². The van der Waals surface area contributed by atoms with Gasteiger partial charge in [-0.2, -0.15) is 0 Å². The Morgan fingerprint density at radius 1 is 1.17 bits per heavy atom. The van der Waals surface area contributed by atoms with Crippen molar-refractivity contribution in [3.05, 3.63) is 29.8 Å². The third kappa shape index (κ3) is 1.39. The van der Waals surface area contributed by atoms with Crippen LogP contribution in [0.15, 0.2) is 16.9 Å². The average molecular weight is 386 g/mol. The summed E-state index contributed by atoms with van der Waals surface area (Å²) in [7, 11) is 0. The zero-order valence-corrected chi connectivity index (χ0v) is 10.1. The highest BCUT2D eigenvalue weighted by atomic mass is 127. The summed E-state index contributed by atoms with van der Waals surface area (Å²) >= 11 is 4.42. The molecule has 2 aromatic rings. The molecule has 0 amide bonds. The van der Waals surface area contributed by atoms with Gasteiger partial charge in [0.15, 0.2) is 0 Å². The van der Waals surface area contributed by atoms with E-state index in [1.807, 2.05) is 12.1 Å². The van der Waals surface area contributed by atoms with Crippen molar-refractivity contribution >= 4 is 56.2 Å². The number of imidazole rings is 1. The molecular formula is C7H4I2N2O. The predicted molar refractivity (Wildman–Crippen MR) is 64.4 cm³/mol. The number of hydrogen-bond acceptors (Lipinski definition) is 1. The average Bonchev–Trinajstić information content (AvgIpc) is 2.29. The van der Waals surface area contributed by atoms with E-state index in [1.165, 1.54) is 0 Å². The molecule has 0 spiro atoms. The quantitative estimate of drug-likeness (QED) is 0.670. The summed E-state index contributed by atoms with van der Waals surface area (Å²) in [5.74, 6) is 0. The Morgan fingerprint density at radius 2 is 1.92 bits per heavy atom. The summed E-state index contributed by atoms with van der Waals surface area (Å²) in [6.45, 7) is 0. The Balaban J connectivity index is 2.97. The Morgan fingerprint density at radius 3 is 2.67 bits per heavy atom. The maximum atomic E-state index is 10.9. The van der Waals surface area contributed by atoms with Crippen LogP contribution in [0.2, 0.25) is 0 Å². The van der Waals surface area contributed by atoms with Crippen LogP contribution in [0.1, 0.15) is 0 Å². The second-order valence-electron chi connectivity index (χ2n) is 2.39. The number of nitrogens with one attached hydrogen (secondary N) is 2. The van der Waals surface area contributed by atoms with Crippen LogP contribution in [0.5, 0.6) is 0 Å². The number of aromatic nitrogens is 2. The summed E-state index contributed by atoms with van der Waals surface area (Å²) in [5.41, 5.74) is 1.61. The van der Waals surface area contributed by atoms with Gasteiger partial charge in [0.2, 0.25) is 0 Å². The molecule has 1 heterocycles. The van der Waals surface area contributed by atoms with E-state index >= 15 is 0 Å². The Hall–Kier alpha value is -0.0500. The van der Waals surface area contributed by atoms with E-state index in [4.69, 9.17) is 0 Å². The van der Waals surface area contributed by atoms with Gasteiger partial charge in [0.1, 0.15) is 0 Å². The number of rotatable bonds is 0. The Labute approximate surface area is 95.2 Å². The highest BCUT2D eigenvalue weighted by molar-refractivity contribution is 14.1. The fourth-order valence-electron chi connectivity index (χ4n) is 1.07. The zero-order valence-electron chi connectivity index (χ0n) is 5.82. The molecule has 0 saturated heterocycles. The molecule has 0 bridgehead atoms. The summed E-state index contributed by atoms with van der Waals surface area (Å²) in [5, 5.41) is 0. The molecule has 1 aromatic carbocycles. The molecule has 0 aliphatic rings. The predicted octanol–water partition coefficient (Wildman–Crippen LogP) is 2.07. The molecular weight excluding hydrogens is 382 g/mol. The van der Waals surface area contributed by atoms with Crippen LogP contribution in [0, 0.1) is 7.14 Å². The number of benzene rings is 1. The second kappa shape index (κ2) is 3.02. The molecule has 0 saturated carbocycles. The zero-order chi connectivity index (χ0) is 8.72. The summed E-state index contributed by atoms with van der Waals surface area (Å²) in [6.07, 6.45) is 0. The van der Waals surface area contributed by atoms with Crippen molar-refractivity contribution in [2.24, 2.45) is 0 Å². The van der Waals surface area contributed by atoms with Crippen LogP contribution in [0.3, 0.4) is 0 Å². The fraction of sp³-hybridized carbons (Fsp3) is 0. The largest absolute Gasteiger partial charge is 0.323 e. The SMILES string of the molecule is O=c1[nH]c2cc(I)cc(I)c2[nH]1. The minimum absolute atomic E-state index is 0.148. The van der Waals surface area contributed by atoms with Crippen molar-refractivity contribution in [1.82, 2.24) is 9.97 Å². The number of H-pyrrole nitrogens is 2. The molecule has 0 aliphatic carbocycles. The van der Waals surface area contributed by atoms with Crippen LogP contribution < -0.4 is 5.69 Å². The molecule has 3 nitrogen and oxygen atoms in total. The Kier molecular flexibility index (Phi) is 2.15. The fourth-order valence-corrected chi connectivity index (χ4v) is 3.05. The van der Waals surface area contributed by atoms with Crippen LogP contribution in [0.4, 0.5) is 0 Å². The minimum Gasteiger partial charge on any atom is -0.306 e. The third-order valence-corrected chi connectivity index (χ3v) is 3.02. The van der Waals surface area contributed by atoms with Gasteiger partial charge in [0, 0.05) is 7.14 Å². The number of aromatic amines is 2. The van der Waals surface area contributed by atoms with Crippen molar-refractivity contribution in [1.29, 1.82) is 0 Å². The molecule has 0 fully saturated rings. The molecule has 12 heavy (non-hydrogen) atoms. The summed E-state index contributed by atoms with van der Waals surface area (Å²) in [4.78, 5) is 16.4. The van der Waals surface area contributed by atoms with Crippen LogP contribution in [0.25, 0.3) is 11.0 Å². The second-order valence-corrected chi connectivity index (χ2v) is 4.80. The van der Waals surface area contributed by atoms with Gasteiger partial charge in [0.05, 0.1) is 11.0 Å². The summed E-state index contributed by atoms with van der Waals surface area (Å²) in [6, 6.07) is 3.96. The lowest BCUT2D eigenvalue weighted by Crippen LogP contribution is -1.99. The van der Waals surface area contributed by atoms with Crippen LogP contribution >= 0.6 is 45.2 Å². The van der Waals surface area contributed by atoms with Gasteiger partial charge >= 0.3 is 5.69 Å². The maximum absolute atomic E-state index is 10.9. The standard InChI is InChI=1S/C7H4I2N2O/c8-3-1-4(9)6-5(2-3)10-7(12)11-6/h1-2H,(H2,10,11,12). The Bertz CT molecular complexity index is 486. The first-order valence-corrected chi connectivity index (χ1v) is 5.39. The molecule has 0 atom stereocenters. The summed E-state index contributed by atoms with van der Waals surface area (Å²) < 4.78 is 2.19. The normalized spacial score (nSPS) is 10.8. The third-order valence-electron chi connectivity index (χ3n) is 1.54. The number of hydrogen-bond donors (Lipinski definition) is 2. The van der Waals surface area contributed by atoms with Gasteiger partial charge in [-0.3, -0.25) is 0 Å². The highest BCUT2D eigenvalue weighted by Crippen LogP contribution is 2.19. The molecule has 5 heteroatoms. The molecule has 1 aromatic heterocycles. The van der Waals surface area contributed by atoms with E-state index in [-0.39, 0.29) is 5.69 Å². The minimum atomic E-state index is -0.148. The first-order valence-electron chi connectivity index (χ1n) is 3.24. The molecule has 0 aliphatic heterocycles. The van der Waals surface area contributed by atoms with Gasteiger partial charge in [-0.25, -0.2) is 4.79 Å². The van der Waals surface area contributed by atoms with Gasteiger partial charge in [-0.05, 0) is 57.3 Å². The van der Waals surface area contributed by atoms with Crippen LogP contribution in [-0.4, -0.2) is 9.97 Å². The lowest BCUT2D eigenvalue weighted by Gasteiger charge is -1.93. The van der Waals surface area contributed by atoms with E-state index in [0.29, 0.717) is 0 Å². The number of halogens is 2. The smallest absolute Gasteiger partial charge is 0.306 e. The van der Waals surface area contributed by atoms with Crippen molar-refractivity contribution < 1.29 is 0 Å². The lowest BCUT2D eigenvalue weighted by atomic mass is 10.3. The van der Waals surface area contributed by atoms with Gasteiger partial charge in [-0.1, -0.05) is 0 Å². The molecule has 62 valence electrons. The van der Waals surface area contributed by atoms with Crippen molar-refractivity contribution in [3.8, 4) is 0 Å². The van der Waals surface area contributed by atoms with Crippen LogP contribution in [-0.2, 0) is 0 Å². The first kappa shape index (κ1) is 8.54. The van der Waals surface area contributed by atoms with E-state index in [1.54, 1.807) is 0 Å². The van der Waals surface area contributed by atoms with E-state index < -0.39 is 0 Å². The number of fused-ring (bicyclic) bond motifs is 1. The monoisotopic (exact) mass is 386 g/mol. The van der Waals surface area contributed by atoms with Gasteiger partial charge in [0.25, 0.3) is 0 Å². The van der Waals surface area contributed by atoms with E-state index in [2.05, 4.69) is 55.1 Å². The molecule has 0 radical (unpaired) electrons. The first-order chi connectivity index (χ1) is 5.66. The molecule has 2 rings (SSSR count). The highest BCUT2D eigenvalue weighted by Gasteiger charge is 2.02. The van der Waals surface area contributed by atoms with E-state index in [0.717, 1.165) is 18.2 Å². The van der Waals surface area contributed by atoms with Gasteiger partial charge in [-0.15, -0.1) is 0 Å². The van der Waals surface area contributed by atoms with E-state index in [9.17, 15) is 4.79 Å². The lowest BCUT2D eigenvalue weighted by molar-refractivity contribution is 1.21. The maximum Gasteiger partial charge on any atom is 0.323 e. The molecule has 2 N–H and O–H groups in total. The van der Waals surface area contributed by atoms with Crippen molar-refractivity contribution in [2.45, 2.75) is 0 Å². The molecule has 0 unspecified atom stereocenters.